The first-order valence-corrected chi connectivity index (χ1v) is 8.03. The molecule has 0 amide bonds. The van der Waals surface area contributed by atoms with Gasteiger partial charge < -0.3 is 0 Å². The lowest BCUT2D eigenvalue weighted by Crippen LogP contribution is -2.35. The Kier molecular flexibility index (Phi) is 5.72. The summed E-state index contributed by atoms with van der Waals surface area (Å²) < 4.78 is 2.86. The van der Waals surface area contributed by atoms with E-state index in [2.05, 4.69) is 6.07 Å². The molecule has 2 aromatic rings. The van der Waals surface area contributed by atoms with Gasteiger partial charge in [-0.05, 0) is 26.5 Å². The smallest absolute Gasteiger partial charge is 0.285 e. The molecule has 25 heavy (non-hydrogen) atoms. The molecule has 0 fully saturated rings. The molecule has 0 spiro atoms. The van der Waals surface area contributed by atoms with Crippen molar-refractivity contribution < 1.29 is 4.92 Å². The number of nitro benzene ring substituents is 1. The van der Waals surface area contributed by atoms with Gasteiger partial charge in [-0.2, -0.15) is 5.26 Å². The van der Waals surface area contributed by atoms with Crippen LogP contribution >= 0.6 is 0 Å². The number of para-hydroxylation sites is 2. The number of rotatable bonds is 7. The van der Waals surface area contributed by atoms with Gasteiger partial charge in [0.1, 0.15) is 5.69 Å². The van der Waals surface area contributed by atoms with Crippen LogP contribution in [0.4, 0.5) is 5.69 Å². The molecule has 0 aliphatic heterocycles. The number of nitrogens with zero attached hydrogens (tertiary/aromatic N) is 5. The summed E-state index contributed by atoms with van der Waals surface area (Å²) in [6.07, 6.45) is 1.68. The first kappa shape index (κ1) is 18.4. The van der Waals surface area contributed by atoms with Gasteiger partial charge in [-0.3, -0.25) is 24.1 Å². The molecular formula is C17H21N5O3. The van der Waals surface area contributed by atoms with Gasteiger partial charge in [0.05, 0.1) is 23.6 Å². The highest BCUT2D eigenvalue weighted by Crippen LogP contribution is 2.22. The van der Waals surface area contributed by atoms with Crippen LogP contribution in [-0.4, -0.2) is 32.0 Å². The summed E-state index contributed by atoms with van der Waals surface area (Å²) in [5.74, 6) is -0.144. The lowest BCUT2D eigenvalue weighted by Gasteiger charge is -2.21. The van der Waals surface area contributed by atoms with Gasteiger partial charge >= 0.3 is 5.69 Å². The second kappa shape index (κ2) is 7.77. The Hall–Kier alpha value is -2.92. The highest BCUT2D eigenvalue weighted by molar-refractivity contribution is 5.52. The molecule has 8 nitrogen and oxygen atoms in total. The summed E-state index contributed by atoms with van der Waals surface area (Å²) in [7, 11) is 0. The second-order valence-corrected chi connectivity index (χ2v) is 5.95. The molecular weight excluding hydrogens is 322 g/mol. The van der Waals surface area contributed by atoms with Gasteiger partial charge in [0.15, 0.2) is 0 Å². The highest BCUT2D eigenvalue weighted by atomic mass is 16.6. The number of imidazole rings is 1. The molecule has 2 rings (SSSR count). The molecule has 0 bridgehead atoms. The van der Waals surface area contributed by atoms with Crippen molar-refractivity contribution in [1.29, 1.82) is 5.26 Å². The van der Waals surface area contributed by atoms with E-state index in [1.807, 2.05) is 18.7 Å². The maximum atomic E-state index is 12.8. The monoisotopic (exact) mass is 343 g/mol. The van der Waals surface area contributed by atoms with Gasteiger partial charge in [-0.15, -0.1) is 0 Å². The van der Waals surface area contributed by atoms with Crippen LogP contribution in [0.5, 0.6) is 0 Å². The van der Waals surface area contributed by atoms with Crippen molar-refractivity contribution in [2.45, 2.75) is 27.4 Å². The van der Waals surface area contributed by atoms with Crippen molar-refractivity contribution in [2.24, 2.45) is 5.92 Å². The third-order valence-corrected chi connectivity index (χ3v) is 4.00. The van der Waals surface area contributed by atoms with Crippen molar-refractivity contribution in [3.63, 3.8) is 0 Å². The predicted octanol–water partition coefficient (Wildman–Crippen LogP) is 2.29. The Labute approximate surface area is 145 Å². The van der Waals surface area contributed by atoms with E-state index in [1.54, 1.807) is 31.3 Å². The summed E-state index contributed by atoms with van der Waals surface area (Å²) in [4.78, 5) is 25.5. The van der Waals surface area contributed by atoms with E-state index in [4.69, 9.17) is 5.26 Å². The van der Waals surface area contributed by atoms with Crippen molar-refractivity contribution in [2.75, 3.05) is 13.1 Å². The zero-order valence-corrected chi connectivity index (χ0v) is 14.5. The van der Waals surface area contributed by atoms with Crippen molar-refractivity contribution in [3.05, 3.63) is 56.8 Å². The molecule has 132 valence electrons. The van der Waals surface area contributed by atoms with E-state index in [9.17, 15) is 14.9 Å². The van der Waals surface area contributed by atoms with Crippen LogP contribution in [0.1, 0.15) is 19.5 Å². The zero-order valence-electron chi connectivity index (χ0n) is 14.5. The summed E-state index contributed by atoms with van der Waals surface area (Å²) in [6.45, 7) is 7.10. The van der Waals surface area contributed by atoms with Crippen molar-refractivity contribution >= 4 is 5.69 Å². The van der Waals surface area contributed by atoms with E-state index < -0.39 is 4.92 Å². The molecule has 1 atom stereocenters. The number of nitro groups is 1. The third-order valence-electron chi connectivity index (χ3n) is 4.00. The molecule has 0 saturated carbocycles. The first-order valence-electron chi connectivity index (χ1n) is 8.03. The number of hydrogen-bond acceptors (Lipinski definition) is 5. The molecule has 0 aliphatic rings. The van der Waals surface area contributed by atoms with E-state index in [-0.39, 0.29) is 23.0 Å². The van der Waals surface area contributed by atoms with Crippen LogP contribution in [0.25, 0.3) is 5.69 Å². The van der Waals surface area contributed by atoms with Crippen molar-refractivity contribution in [3.8, 4) is 11.8 Å². The fourth-order valence-electron chi connectivity index (χ4n) is 2.75. The minimum atomic E-state index is -0.495. The summed E-state index contributed by atoms with van der Waals surface area (Å²) in [6, 6.07) is 8.36. The van der Waals surface area contributed by atoms with Gasteiger partial charge in [0.2, 0.25) is 0 Å². The number of benzene rings is 1. The number of hydrogen-bond donors (Lipinski definition) is 0. The van der Waals surface area contributed by atoms with E-state index in [0.717, 1.165) is 0 Å². The molecule has 1 aromatic carbocycles. The molecule has 0 radical (unpaired) electrons. The normalized spacial score (nSPS) is 12.1. The van der Waals surface area contributed by atoms with Gasteiger partial charge in [-0.25, -0.2) is 4.79 Å². The Morgan fingerprint density at radius 3 is 2.68 bits per heavy atom. The maximum absolute atomic E-state index is 12.8. The van der Waals surface area contributed by atoms with Gasteiger partial charge in [0.25, 0.3) is 5.69 Å². The first-order chi connectivity index (χ1) is 11.9. The van der Waals surface area contributed by atoms with Gasteiger partial charge in [-0.1, -0.05) is 19.1 Å². The minimum Gasteiger partial charge on any atom is -0.285 e. The van der Waals surface area contributed by atoms with Crippen LogP contribution in [0.15, 0.2) is 35.3 Å². The molecule has 0 N–H and O–H groups in total. The minimum absolute atomic E-state index is 0.115. The third kappa shape index (κ3) is 3.95. The highest BCUT2D eigenvalue weighted by Gasteiger charge is 2.20. The standard InChI is InChI=1S/C17H21N5O3/c1-4-19(10-13(2)9-18)12-20-11-14(3)21(17(20)23)15-7-5-6-8-16(15)22(24)25/h5-8,11,13H,4,10,12H2,1-3H3/t13-/m1/s1. The molecule has 0 aliphatic carbocycles. The fraction of sp³-hybridized carbons (Fsp3) is 0.412. The largest absolute Gasteiger partial charge is 0.334 e. The predicted molar refractivity (Wildman–Crippen MR) is 93.4 cm³/mol. The van der Waals surface area contributed by atoms with Gasteiger partial charge in [0, 0.05) is 24.5 Å². The topological polar surface area (TPSA) is 97.1 Å². The van der Waals surface area contributed by atoms with Crippen molar-refractivity contribution in [1.82, 2.24) is 14.0 Å². The Morgan fingerprint density at radius 1 is 1.40 bits per heavy atom. The number of aromatic nitrogens is 2. The molecule has 0 unspecified atom stereocenters. The summed E-state index contributed by atoms with van der Waals surface area (Å²) in [5, 5.41) is 20.2. The SMILES string of the molecule is CCN(C[C@H](C)C#N)Cn1cc(C)n(-c2ccccc2[N+](=O)[O-])c1=O. The number of nitriles is 1. The quantitative estimate of drug-likeness (QED) is 0.567. The van der Waals surface area contributed by atoms with E-state index >= 15 is 0 Å². The van der Waals surface area contributed by atoms with Crippen LogP contribution in [0, 0.1) is 34.3 Å². The Bertz CT molecular complexity index is 862. The fourth-order valence-corrected chi connectivity index (χ4v) is 2.75. The maximum Gasteiger partial charge on any atom is 0.334 e. The summed E-state index contributed by atoms with van der Waals surface area (Å²) in [5.41, 5.74) is 0.414. The lowest BCUT2D eigenvalue weighted by atomic mass is 10.2. The Morgan fingerprint density at radius 2 is 2.08 bits per heavy atom. The zero-order chi connectivity index (χ0) is 18.6. The lowest BCUT2D eigenvalue weighted by molar-refractivity contribution is -0.384. The van der Waals surface area contributed by atoms with Crippen LogP contribution in [0.2, 0.25) is 0 Å². The van der Waals surface area contributed by atoms with Crippen LogP contribution in [-0.2, 0) is 6.67 Å². The number of aryl methyl sites for hydroxylation is 1. The van der Waals surface area contributed by atoms with Crippen LogP contribution in [0.3, 0.4) is 0 Å². The van der Waals surface area contributed by atoms with Crippen LogP contribution < -0.4 is 5.69 Å². The molecule has 0 saturated heterocycles. The molecule has 1 heterocycles. The van der Waals surface area contributed by atoms with E-state index in [0.29, 0.717) is 25.5 Å². The summed E-state index contributed by atoms with van der Waals surface area (Å²) >= 11 is 0. The average molecular weight is 343 g/mol. The second-order valence-electron chi connectivity index (χ2n) is 5.95. The molecule has 1 aromatic heterocycles. The van der Waals surface area contributed by atoms with E-state index in [1.165, 1.54) is 15.2 Å². The molecule has 8 heteroatoms. The average Bonchev–Trinajstić information content (AvgIpc) is 2.87. The Balaban J connectivity index is 2.41.